The molecule has 3 heterocycles. The number of hydrogen-bond donors (Lipinski definition) is 4. The molecule has 0 spiro atoms. The standard InChI is InChI=1S/C35H44F3N5O7/c36-35(37,38)26-13-8-9-21-15-16-42(20-25(21)26)33(49)50-24-17-28-29(44)41-34(31(46)47)18-22(34)10-4-2-1-3-5-14-27(30(45)43(28)19-24)40-32(48)39-23-11-6-7-12-23/h4,8-10,13,22-24,27-28H,1-3,5-7,11-12,14-20H2,(H,41,44)(H,46,47)(H2,39,40,48)/b10-4-/t22-,24+,27-,28-,34+/m0/s1. The van der Waals surface area contributed by atoms with Crippen molar-refractivity contribution in [2.24, 2.45) is 5.92 Å². The first-order chi connectivity index (χ1) is 23.9. The Balaban J connectivity index is 1.21. The minimum absolute atomic E-state index is 0.000845. The maximum absolute atomic E-state index is 14.2. The molecule has 2 aliphatic carbocycles. The molecule has 5 amide bonds. The van der Waals surface area contributed by atoms with Crippen molar-refractivity contribution in [2.45, 2.75) is 120 Å². The third kappa shape index (κ3) is 7.70. The predicted octanol–water partition coefficient (Wildman–Crippen LogP) is 4.26. The molecule has 272 valence electrons. The van der Waals surface area contributed by atoms with Crippen LogP contribution in [0.1, 0.15) is 87.3 Å². The summed E-state index contributed by atoms with van der Waals surface area (Å²) in [5, 5.41) is 18.5. The second kappa shape index (κ2) is 14.5. The summed E-state index contributed by atoms with van der Waals surface area (Å²) in [6, 6.07) is 1.21. The molecule has 5 atom stereocenters. The van der Waals surface area contributed by atoms with Crippen LogP contribution in [-0.4, -0.2) is 87.7 Å². The molecule has 1 saturated heterocycles. The molecule has 0 radical (unpaired) electrons. The molecule has 15 heteroatoms. The Bertz CT molecular complexity index is 1530. The zero-order valence-corrected chi connectivity index (χ0v) is 27.8. The van der Waals surface area contributed by atoms with Crippen LogP contribution in [0.5, 0.6) is 0 Å². The van der Waals surface area contributed by atoms with Crippen LogP contribution in [0.3, 0.4) is 0 Å². The second-order valence-electron chi connectivity index (χ2n) is 14.2. The number of carbonyl (C=O) groups is 5. The van der Waals surface area contributed by atoms with Gasteiger partial charge in [-0.2, -0.15) is 13.2 Å². The number of allylic oxidation sites excluding steroid dienone is 1. The first-order valence-corrected chi connectivity index (χ1v) is 17.6. The van der Waals surface area contributed by atoms with Gasteiger partial charge < -0.3 is 35.6 Å². The van der Waals surface area contributed by atoms with Crippen LogP contribution in [0.15, 0.2) is 30.4 Å². The van der Waals surface area contributed by atoms with Gasteiger partial charge in [0.15, 0.2) is 0 Å². The fourth-order valence-corrected chi connectivity index (χ4v) is 7.82. The van der Waals surface area contributed by atoms with E-state index in [0.717, 1.165) is 44.6 Å². The first kappa shape index (κ1) is 35.5. The number of fused-ring (bicyclic) bond motifs is 3. The van der Waals surface area contributed by atoms with E-state index in [1.165, 1.54) is 15.9 Å². The van der Waals surface area contributed by atoms with Crippen molar-refractivity contribution in [3.63, 3.8) is 0 Å². The van der Waals surface area contributed by atoms with Crippen molar-refractivity contribution >= 4 is 29.9 Å². The number of nitrogens with one attached hydrogen (secondary N) is 3. The van der Waals surface area contributed by atoms with E-state index in [1.807, 2.05) is 6.08 Å². The Morgan fingerprint density at radius 2 is 1.78 bits per heavy atom. The maximum atomic E-state index is 14.2. The molecule has 1 aromatic carbocycles. The zero-order chi connectivity index (χ0) is 35.6. The molecular weight excluding hydrogens is 659 g/mol. The highest BCUT2D eigenvalue weighted by Gasteiger charge is 2.61. The lowest BCUT2D eigenvalue weighted by atomic mass is 9.95. The van der Waals surface area contributed by atoms with Gasteiger partial charge in [0.2, 0.25) is 11.8 Å². The number of halogens is 3. The fourth-order valence-electron chi connectivity index (χ4n) is 7.82. The number of alkyl halides is 3. The number of carboxylic acids is 1. The summed E-state index contributed by atoms with van der Waals surface area (Å²) in [4.78, 5) is 69.2. The fraction of sp³-hybridized carbons (Fsp3) is 0.629. The minimum Gasteiger partial charge on any atom is -0.479 e. The SMILES string of the molecule is O=C(NC1CCCC1)N[C@H]1CCCCC/C=C\[C@H]2C[C@@]2(C(=O)O)NC(=O)[C@@H]2C[C@@H](OC(=O)N3CCc4cccc(C(F)(F)F)c4C3)CN2C1=O. The van der Waals surface area contributed by atoms with Gasteiger partial charge in [0.25, 0.3) is 0 Å². The van der Waals surface area contributed by atoms with Crippen LogP contribution >= 0.6 is 0 Å². The summed E-state index contributed by atoms with van der Waals surface area (Å²) in [5.74, 6) is -2.90. The summed E-state index contributed by atoms with van der Waals surface area (Å²) in [6.45, 7) is -0.418. The Kier molecular flexibility index (Phi) is 10.3. The highest BCUT2D eigenvalue weighted by atomic mass is 19.4. The number of nitrogens with zero attached hydrogens (tertiary/aromatic N) is 2. The number of urea groups is 1. The average molecular weight is 704 g/mol. The second-order valence-corrected chi connectivity index (χ2v) is 14.2. The molecule has 6 rings (SSSR count). The number of benzene rings is 1. The van der Waals surface area contributed by atoms with Crippen molar-refractivity contribution in [2.75, 3.05) is 13.1 Å². The Morgan fingerprint density at radius 3 is 2.52 bits per heavy atom. The lowest BCUT2D eigenvalue weighted by Gasteiger charge is -2.31. The monoisotopic (exact) mass is 703 g/mol. The lowest BCUT2D eigenvalue weighted by molar-refractivity contribution is -0.145. The smallest absolute Gasteiger partial charge is 0.416 e. The highest BCUT2D eigenvalue weighted by Crippen LogP contribution is 2.45. The van der Waals surface area contributed by atoms with Gasteiger partial charge in [-0.1, -0.05) is 50.0 Å². The van der Waals surface area contributed by atoms with Crippen LogP contribution in [0.2, 0.25) is 0 Å². The van der Waals surface area contributed by atoms with Gasteiger partial charge in [-0.3, -0.25) is 9.59 Å². The topological polar surface area (TPSA) is 157 Å². The molecule has 3 fully saturated rings. The molecular formula is C35H44F3N5O7. The molecule has 50 heavy (non-hydrogen) atoms. The van der Waals surface area contributed by atoms with E-state index in [0.29, 0.717) is 24.8 Å². The van der Waals surface area contributed by atoms with E-state index in [-0.39, 0.29) is 50.5 Å². The molecule has 12 nitrogen and oxygen atoms in total. The average Bonchev–Trinajstić information content (AvgIpc) is 3.35. The summed E-state index contributed by atoms with van der Waals surface area (Å²) in [5.41, 5.74) is -1.87. The lowest BCUT2D eigenvalue weighted by Crippen LogP contribution is -2.57. The third-order valence-electron chi connectivity index (χ3n) is 10.7. The summed E-state index contributed by atoms with van der Waals surface area (Å²) in [7, 11) is 0. The quantitative estimate of drug-likeness (QED) is 0.342. The van der Waals surface area contributed by atoms with Crippen LogP contribution in [-0.2, 0) is 38.3 Å². The molecule has 5 aliphatic rings. The van der Waals surface area contributed by atoms with Crippen molar-refractivity contribution in [1.29, 1.82) is 0 Å². The number of rotatable bonds is 4. The Morgan fingerprint density at radius 1 is 1.02 bits per heavy atom. The number of hydrogen-bond acceptors (Lipinski definition) is 6. The molecule has 3 aliphatic heterocycles. The molecule has 4 N–H and O–H groups in total. The Labute approximate surface area is 288 Å². The van der Waals surface area contributed by atoms with Gasteiger partial charge in [-0.05, 0) is 62.1 Å². The maximum Gasteiger partial charge on any atom is 0.416 e. The van der Waals surface area contributed by atoms with E-state index in [1.54, 1.807) is 12.1 Å². The van der Waals surface area contributed by atoms with Crippen molar-refractivity contribution in [3.05, 3.63) is 47.0 Å². The van der Waals surface area contributed by atoms with Crippen molar-refractivity contribution in [3.8, 4) is 0 Å². The molecule has 1 aromatic rings. The van der Waals surface area contributed by atoms with Crippen LogP contribution < -0.4 is 16.0 Å². The summed E-state index contributed by atoms with van der Waals surface area (Å²) < 4.78 is 47.0. The van der Waals surface area contributed by atoms with Gasteiger partial charge in [0, 0.05) is 31.5 Å². The number of amides is 5. The van der Waals surface area contributed by atoms with Crippen LogP contribution in [0.25, 0.3) is 0 Å². The van der Waals surface area contributed by atoms with Crippen LogP contribution in [0.4, 0.5) is 22.8 Å². The van der Waals surface area contributed by atoms with E-state index >= 15 is 0 Å². The van der Waals surface area contributed by atoms with Crippen LogP contribution in [0, 0.1) is 5.92 Å². The largest absolute Gasteiger partial charge is 0.479 e. The van der Waals surface area contributed by atoms with E-state index < -0.39 is 71.3 Å². The predicted molar refractivity (Wildman–Crippen MR) is 172 cm³/mol. The normalized spacial score (nSPS) is 29.7. The molecule has 2 saturated carbocycles. The molecule has 0 unspecified atom stereocenters. The van der Waals surface area contributed by atoms with Crippen molar-refractivity contribution in [1.82, 2.24) is 25.8 Å². The third-order valence-corrected chi connectivity index (χ3v) is 10.7. The summed E-state index contributed by atoms with van der Waals surface area (Å²) in [6.07, 6.45) is 4.27. The summed E-state index contributed by atoms with van der Waals surface area (Å²) >= 11 is 0. The van der Waals surface area contributed by atoms with E-state index in [4.69, 9.17) is 4.74 Å². The van der Waals surface area contributed by atoms with Crippen molar-refractivity contribution < 1.29 is 47.0 Å². The number of carboxylic acid groups (broad SMARTS) is 1. The Hall–Kier alpha value is -4.30. The van der Waals surface area contributed by atoms with E-state index in [2.05, 4.69) is 16.0 Å². The van der Waals surface area contributed by atoms with Gasteiger partial charge in [0.1, 0.15) is 23.7 Å². The number of ether oxygens (including phenoxy) is 1. The van der Waals surface area contributed by atoms with Gasteiger partial charge >= 0.3 is 24.3 Å². The minimum atomic E-state index is -4.61. The van der Waals surface area contributed by atoms with Gasteiger partial charge in [-0.15, -0.1) is 0 Å². The molecule has 0 bridgehead atoms. The number of carbonyl (C=O) groups excluding carboxylic acids is 4. The van der Waals surface area contributed by atoms with E-state index in [9.17, 15) is 42.3 Å². The zero-order valence-electron chi connectivity index (χ0n) is 27.8. The van der Waals surface area contributed by atoms with Gasteiger partial charge in [0.05, 0.1) is 12.1 Å². The highest BCUT2D eigenvalue weighted by molar-refractivity contribution is 5.96. The van der Waals surface area contributed by atoms with Gasteiger partial charge in [-0.25, -0.2) is 14.4 Å². The first-order valence-electron chi connectivity index (χ1n) is 17.6. The molecule has 0 aromatic heterocycles. The number of aliphatic carboxylic acids is 1.